The molecule has 1 amide bonds. The van der Waals surface area contributed by atoms with E-state index >= 15 is 0 Å². The van der Waals surface area contributed by atoms with Crippen LogP contribution in [0.15, 0.2) is 17.5 Å². The number of carbonyl (C=O) groups excluding carboxylic acids is 1. The maximum absolute atomic E-state index is 12.8. The number of aromatic amines is 1. The molecule has 0 aliphatic carbocycles. The highest BCUT2D eigenvalue weighted by Crippen LogP contribution is 2.27. The van der Waals surface area contributed by atoms with Gasteiger partial charge in [0.25, 0.3) is 5.91 Å². The quantitative estimate of drug-likeness (QED) is 0.779. The van der Waals surface area contributed by atoms with Crippen molar-refractivity contribution < 1.29 is 4.79 Å². The molecule has 0 fully saturated rings. The van der Waals surface area contributed by atoms with E-state index in [0.29, 0.717) is 12.2 Å². The number of aryl methyl sites for hydroxylation is 2. The van der Waals surface area contributed by atoms with Gasteiger partial charge in [-0.2, -0.15) is 10.2 Å². The number of amides is 1. The molecule has 1 N–H and O–H groups in total. The molecule has 0 unspecified atom stereocenters. The SMILES string of the molecule is Cc1nn(C)c(C)c1-c1cc(C(=O)N2CCc3sccc3C2)[nH]n1. The Labute approximate surface area is 144 Å². The summed E-state index contributed by atoms with van der Waals surface area (Å²) in [4.78, 5) is 16.1. The van der Waals surface area contributed by atoms with Gasteiger partial charge in [0.2, 0.25) is 0 Å². The molecule has 0 saturated carbocycles. The zero-order valence-corrected chi connectivity index (χ0v) is 14.8. The van der Waals surface area contributed by atoms with Gasteiger partial charge in [0, 0.05) is 36.3 Å². The highest BCUT2D eigenvalue weighted by molar-refractivity contribution is 7.10. The second-order valence-corrected chi connectivity index (χ2v) is 7.18. The van der Waals surface area contributed by atoms with Gasteiger partial charge < -0.3 is 4.90 Å². The lowest BCUT2D eigenvalue weighted by atomic mass is 10.1. The molecule has 124 valence electrons. The maximum Gasteiger partial charge on any atom is 0.272 e. The third-order valence-corrected chi connectivity index (χ3v) is 5.69. The smallest absolute Gasteiger partial charge is 0.272 e. The number of aromatic nitrogens is 4. The topological polar surface area (TPSA) is 66.8 Å². The predicted octanol–water partition coefficient (Wildman–Crippen LogP) is 2.69. The largest absolute Gasteiger partial charge is 0.333 e. The van der Waals surface area contributed by atoms with Gasteiger partial charge in [0.05, 0.1) is 11.4 Å². The standard InChI is InChI=1S/C17H19N5OS/c1-10-16(11(2)21(3)20-10)13-8-14(19-18-13)17(23)22-6-4-15-12(9-22)5-7-24-15/h5,7-8H,4,6,9H2,1-3H3,(H,18,19). The number of nitrogens with zero attached hydrogens (tertiary/aromatic N) is 4. The number of fused-ring (bicyclic) bond motifs is 1. The van der Waals surface area contributed by atoms with E-state index in [1.54, 1.807) is 11.3 Å². The molecule has 7 heteroatoms. The van der Waals surface area contributed by atoms with Gasteiger partial charge in [-0.05, 0) is 43.3 Å². The van der Waals surface area contributed by atoms with E-state index in [-0.39, 0.29) is 5.91 Å². The molecule has 0 saturated heterocycles. The number of hydrogen-bond donors (Lipinski definition) is 1. The lowest BCUT2D eigenvalue weighted by molar-refractivity contribution is 0.0730. The van der Waals surface area contributed by atoms with E-state index in [9.17, 15) is 4.79 Å². The molecule has 3 aromatic heterocycles. The van der Waals surface area contributed by atoms with Crippen LogP contribution in [0.1, 0.15) is 32.3 Å². The third-order valence-electron chi connectivity index (χ3n) is 4.67. The van der Waals surface area contributed by atoms with E-state index in [4.69, 9.17) is 0 Å². The molecule has 0 bridgehead atoms. The molecule has 4 rings (SSSR count). The monoisotopic (exact) mass is 341 g/mol. The third kappa shape index (κ3) is 2.36. The van der Waals surface area contributed by atoms with Gasteiger partial charge in [-0.1, -0.05) is 0 Å². The van der Waals surface area contributed by atoms with Crippen molar-refractivity contribution >= 4 is 17.2 Å². The Hall–Kier alpha value is -2.41. The number of H-pyrrole nitrogens is 1. The van der Waals surface area contributed by atoms with Crippen molar-refractivity contribution in [2.24, 2.45) is 7.05 Å². The zero-order chi connectivity index (χ0) is 16.8. The van der Waals surface area contributed by atoms with Crippen LogP contribution in [0.5, 0.6) is 0 Å². The second kappa shape index (κ2) is 5.59. The molecule has 3 aromatic rings. The minimum Gasteiger partial charge on any atom is -0.333 e. The van der Waals surface area contributed by atoms with Crippen LogP contribution < -0.4 is 0 Å². The maximum atomic E-state index is 12.8. The summed E-state index contributed by atoms with van der Waals surface area (Å²) in [5, 5.41) is 13.8. The minimum absolute atomic E-state index is 0.00444. The van der Waals surface area contributed by atoms with Crippen LogP contribution in [0, 0.1) is 13.8 Å². The average Bonchev–Trinajstić information content (AvgIpc) is 3.26. The summed E-state index contributed by atoms with van der Waals surface area (Å²) in [5.74, 6) is 0.00444. The first-order valence-electron chi connectivity index (χ1n) is 7.95. The Morgan fingerprint density at radius 3 is 2.96 bits per heavy atom. The summed E-state index contributed by atoms with van der Waals surface area (Å²) in [5.41, 5.74) is 5.52. The average molecular weight is 341 g/mol. The molecule has 0 aromatic carbocycles. The molecule has 0 radical (unpaired) electrons. The van der Waals surface area contributed by atoms with Crippen molar-refractivity contribution in [2.45, 2.75) is 26.8 Å². The van der Waals surface area contributed by atoms with E-state index in [1.807, 2.05) is 36.5 Å². The predicted molar refractivity (Wildman–Crippen MR) is 93.0 cm³/mol. The number of carbonyl (C=O) groups is 1. The molecule has 6 nitrogen and oxygen atoms in total. The van der Waals surface area contributed by atoms with E-state index < -0.39 is 0 Å². The van der Waals surface area contributed by atoms with Crippen molar-refractivity contribution in [3.05, 3.63) is 45.0 Å². The van der Waals surface area contributed by atoms with Crippen LogP contribution in [0.4, 0.5) is 0 Å². The van der Waals surface area contributed by atoms with Gasteiger partial charge in [0.1, 0.15) is 5.69 Å². The highest BCUT2D eigenvalue weighted by atomic mass is 32.1. The summed E-state index contributed by atoms with van der Waals surface area (Å²) in [6, 6.07) is 3.95. The highest BCUT2D eigenvalue weighted by Gasteiger charge is 2.24. The van der Waals surface area contributed by atoms with Crippen LogP contribution in [-0.4, -0.2) is 37.3 Å². The Bertz CT molecular complexity index is 919. The fraction of sp³-hybridized carbons (Fsp3) is 0.353. The van der Waals surface area contributed by atoms with Crippen LogP contribution in [0.25, 0.3) is 11.3 Å². The van der Waals surface area contributed by atoms with Gasteiger partial charge in [0.15, 0.2) is 0 Å². The van der Waals surface area contributed by atoms with Crippen LogP contribution in [-0.2, 0) is 20.0 Å². The van der Waals surface area contributed by atoms with Crippen LogP contribution >= 0.6 is 11.3 Å². The van der Waals surface area contributed by atoms with E-state index in [2.05, 4.69) is 26.7 Å². The van der Waals surface area contributed by atoms with Crippen molar-refractivity contribution in [3.63, 3.8) is 0 Å². The lowest BCUT2D eigenvalue weighted by Crippen LogP contribution is -2.35. The normalized spacial score (nSPS) is 14.0. The lowest BCUT2D eigenvalue weighted by Gasteiger charge is -2.26. The first kappa shape index (κ1) is 15.1. The number of rotatable bonds is 2. The zero-order valence-electron chi connectivity index (χ0n) is 14.0. The first-order chi connectivity index (χ1) is 11.5. The van der Waals surface area contributed by atoms with E-state index in [1.165, 1.54) is 10.4 Å². The summed E-state index contributed by atoms with van der Waals surface area (Å²) >= 11 is 1.77. The molecule has 24 heavy (non-hydrogen) atoms. The number of hydrogen-bond acceptors (Lipinski definition) is 4. The molecule has 4 heterocycles. The van der Waals surface area contributed by atoms with Crippen LogP contribution in [0.2, 0.25) is 0 Å². The fourth-order valence-corrected chi connectivity index (χ4v) is 4.19. The molecule has 1 aliphatic heterocycles. The van der Waals surface area contributed by atoms with E-state index in [0.717, 1.165) is 35.6 Å². The minimum atomic E-state index is 0.00444. The summed E-state index contributed by atoms with van der Waals surface area (Å²) in [6.45, 7) is 5.40. The van der Waals surface area contributed by atoms with Gasteiger partial charge in [-0.3, -0.25) is 14.6 Å². The Morgan fingerprint density at radius 1 is 1.38 bits per heavy atom. The summed E-state index contributed by atoms with van der Waals surface area (Å²) in [6.07, 6.45) is 0.931. The Morgan fingerprint density at radius 2 is 2.21 bits per heavy atom. The second-order valence-electron chi connectivity index (χ2n) is 6.18. The molecule has 0 atom stereocenters. The van der Waals surface area contributed by atoms with Crippen molar-refractivity contribution in [2.75, 3.05) is 6.54 Å². The van der Waals surface area contributed by atoms with Gasteiger partial charge in [-0.25, -0.2) is 0 Å². The van der Waals surface area contributed by atoms with Gasteiger partial charge in [-0.15, -0.1) is 11.3 Å². The first-order valence-corrected chi connectivity index (χ1v) is 8.83. The van der Waals surface area contributed by atoms with Crippen LogP contribution in [0.3, 0.4) is 0 Å². The van der Waals surface area contributed by atoms with Gasteiger partial charge >= 0.3 is 0 Å². The van der Waals surface area contributed by atoms with Crippen molar-refractivity contribution in [1.29, 1.82) is 0 Å². The molecule has 0 spiro atoms. The molecular weight excluding hydrogens is 322 g/mol. The molecular formula is C17H19N5OS. The molecule has 1 aliphatic rings. The summed E-state index contributed by atoms with van der Waals surface area (Å²) in [7, 11) is 1.91. The van der Waals surface area contributed by atoms with Crippen molar-refractivity contribution in [3.8, 4) is 11.3 Å². The number of thiophene rings is 1. The Balaban J connectivity index is 1.60. The number of nitrogens with one attached hydrogen (secondary N) is 1. The summed E-state index contributed by atoms with van der Waals surface area (Å²) < 4.78 is 1.84. The fourth-order valence-electron chi connectivity index (χ4n) is 3.30. The Kier molecular flexibility index (Phi) is 3.53. The van der Waals surface area contributed by atoms with Crippen molar-refractivity contribution in [1.82, 2.24) is 24.9 Å².